The molecule has 0 spiro atoms. The van der Waals surface area contributed by atoms with Gasteiger partial charge >= 0.3 is 6.18 Å². The van der Waals surface area contributed by atoms with E-state index in [-0.39, 0.29) is 37.7 Å². The number of hydrogen-bond acceptors (Lipinski definition) is 4. The average Bonchev–Trinajstić information content (AvgIpc) is 2.79. The molecular formula is C22H24F3N3O4S. The van der Waals surface area contributed by atoms with Gasteiger partial charge in [0.1, 0.15) is 0 Å². The van der Waals surface area contributed by atoms with Gasteiger partial charge < -0.3 is 10.6 Å². The minimum absolute atomic E-state index is 0.0171. The molecule has 7 nitrogen and oxygen atoms in total. The van der Waals surface area contributed by atoms with Crippen LogP contribution in [-0.4, -0.2) is 37.6 Å². The SMILES string of the molecule is CCC(=O)Nc1cccc(NC(=O)C2CCN(S(=O)(=O)c3cccc(C(F)(F)F)c3)CC2)c1. The number of nitrogens with zero attached hydrogens (tertiary/aromatic N) is 1. The summed E-state index contributed by atoms with van der Waals surface area (Å²) in [6.07, 6.45) is -3.86. The van der Waals surface area contributed by atoms with E-state index >= 15 is 0 Å². The van der Waals surface area contributed by atoms with Gasteiger partial charge in [-0.2, -0.15) is 17.5 Å². The minimum atomic E-state index is -4.65. The lowest BCUT2D eigenvalue weighted by atomic mass is 9.97. The van der Waals surface area contributed by atoms with Crippen molar-refractivity contribution in [3.8, 4) is 0 Å². The first kappa shape index (κ1) is 24.7. The lowest BCUT2D eigenvalue weighted by molar-refractivity contribution is -0.137. The van der Waals surface area contributed by atoms with Crippen molar-refractivity contribution in [1.82, 2.24) is 4.31 Å². The van der Waals surface area contributed by atoms with Crippen LogP contribution in [0.2, 0.25) is 0 Å². The second kappa shape index (κ2) is 9.92. The number of alkyl halides is 3. The van der Waals surface area contributed by atoms with Crippen LogP contribution in [0.15, 0.2) is 53.4 Å². The highest BCUT2D eigenvalue weighted by Crippen LogP contribution is 2.32. The Balaban J connectivity index is 1.62. The summed E-state index contributed by atoms with van der Waals surface area (Å²) in [5.41, 5.74) is 0.00441. The number of rotatable bonds is 6. The number of nitrogens with one attached hydrogen (secondary N) is 2. The molecular weight excluding hydrogens is 459 g/mol. The molecule has 0 saturated carbocycles. The molecule has 1 heterocycles. The van der Waals surface area contributed by atoms with Gasteiger partial charge in [-0.05, 0) is 49.2 Å². The first-order valence-electron chi connectivity index (χ1n) is 10.4. The number of sulfonamides is 1. The molecule has 0 aliphatic carbocycles. The van der Waals surface area contributed by atoms with Crippen LogP contribution >= 0.6 is 0 Å². The summed E-state index contributed by atoms with van der Waals surface area (Å²) >= 11 is 0. The number of benzene rings is 2. The van der Waals surface area contributed by atoms with Gasteiger partial charge in [0.15, 0.2) is 0 Å². The highest BCUT2D eigenvalue weighted by Gasteiger charge is 2.35. The van der Waals surface area contributed by atoms with Crippen molar-refractivity contribution in [3.05, 3.63) is 54.1 Å². The van der Waals surface area contributed by atoms with Gasteiger partial charge in [0.05, 0.1) is 10.5 Å². The Bertz CT molecular complexity index is 1130. The van der Waals surface area contributed by atoms with E-state index in [0.717, 1.165) is 22.5 Å². The third kappa shape index (κ3) is 6.11. The Morgan fingerprint density at radius 1 is 1.00 bits per heavy atom. The summed E-state index contributed by atoms with van der Waals surface area (Å²) < 4.78 is 65.6. The van der Waals surface area contributed by atoms with Crippen LogP contribution in [0.1, 0.15) is 31.7 Å². The Morgan fingerprint density at radius 3 is 2.21 bits per heavy atom. The molecule has 11 heteroatoms. The highest BCUT2D eigenvalue weighted by atomic mass is 32.2. The summed E-state index contributed by atoms with van der Waals surface area (Å²) in [5, 5.41) is 5.47. The molecule has 0 unspecified atom stereocenters. The third-order valence-corrected chi connectivity index (χ3v) is 7.25. The first-order valence-corrected chi connectivity index (χ1v) is 11.8. The van der Waals surface area contributed by atoms with Gasteiger partial charge in [0.25, 0.3) is 0 Å². The minimum Gasteiger partial charge on any atom is -0.326 e. The second-order valence-corrected chi connectivity index (χ2v) is 9.61. The molecule has 178 valence electrons. The topological polar surface area (TPSA) is 95.6 Å². The van der Waals surface area contributed by atoms with Crippen LogP contribution in [-0.2, 0) is 25.8 Å². The fraction of sp³-hybridized carbons (Fsp3) is 0.364. The van der Waals surface area contributed by atoms with E-state index in [1.807, 2.05) is 0 Å². The molecule has 0 bridgehead atoms. The maximum absolute atomic E-state index is 12.9. The summed E-state index contributed by atoms with van der Waals surface area (Å²) in [5.74, 6) is -0.898. The Hall–Kier alpha value is -2.92. The van der Waals surface area contributed by atoms with Gasteiger partial charge in [-0.25, -0.2) is 8.42 Å². The molecule has 2 aromatic carbocycles. The fourth-order valence-electron chi connectivity index (χ4n) is 3.51. The van der Waals surface area contributed by atoms with Gasteiger partial charge in [0, 0.05) is 36.8 Å². The van der Waals surface area contributed by atoms with E-state index in [1.165, 1.54) is 0 Å². The number of anilines is 2. The molecule has 1 fully saturated rings. The number of halogens is 3. The molecule has 3 rings (SSSR count). The molecule has 0 aromatic heterocycles. The monoisotopic (exact) mass is 483 g/mol. The molecule has 1 saturated heterocycles. The van der Waals surface area contributed by atoms with E-state index in [9.17, 15) is 31.2 Å². The maximum atomic E-state index is 12.9. The maximum Gasteiger partial charge on any atom is 0.416 e. The van der Waals surface area contributed by atoms with Crippen LogP contribution in [0.25, 0.3) is 0 Å². The summed E-state index contributed by atoms with van der Waals surface area (Å²) in [7, 11) is -4.11. The van der Waals surface area contributed by atoms with E-state index in [1.54, 1.807) is 31.2 Å². The summed E-state index contributed by atoms with van der Waals surface area (Å²) in [6, 6.07) is 10.3. The quantitative estimate of drug-likeness (QED) is 0.647. The Morgan fingerprint density at radius 2 is 1.61 bits per heavy atom. The number of carbonyl (C=O) groups excluding carboxylic acids is 2. The third-order valence-electron chi connectivity index (χ3n) is 5.36. The van der Waals surface area contributed by atoms with Crippen molar-refractivity contribution >= 4 is 33.2 Å². The van der Waals surface area contributed by atoms with E-state index in [4.69, 9.17) is 0 Å². The van der Waals surface area contributed by atoms with Crippen molar-refractivity contribution in [1.29, 1.82) is 0 Å². The lowest BCUT2D eigenvalue weighted by Crippen LogP contribution is -2.41. The van der Waals surface area contributed by atoms with Crippen molar-refractivity contribution in [2.45, 2.75) is 37.3 Å². The molecule has 33 heavy (non-hydrogen) atoms. The highest BCUT2D eigenvalue weighted by molar-refractivity contribution is 7.89. The van der Waals surface area contributed by atoms with Gasteiger partial charge in [0.2, 0.25) is 21.8 Å². The van der Waals surface area contributed by atoms with Crippen molar-refractivity contribution in [2.24, 2.45) is 5.92 Å². The predicted octanol–water partition coefficient (Wildman–Crippen LogP) is 4.09. The molecule has 2 amide bonds. The molecule has 2 N–H and O–H groups in total. The molecule has 0 atom stereocenters. The molecule has 1 aliphatic rings. The zero-order valence-electron chi connectivity index (χ0n) is 17.9. The van der Waals surface area contributed by atoms with Crippen LogP contribution in [0.3, 0.4) is 0 Å². The average molecular weight is 484 g/mol. The molecule has 0 radical (unpaired) electrons. The Labute approximate surface area is 190 Å². The zero-order chi connectivity index (χ0) is 24.2. The second-order valence-electron chi connectivity index (χ2n) is 7.68. The summed E-state index contributed by atoms with van der Waals surface area (Å²) in [6.45, 7) is 1.76. The van der Waals surface area contributed by atoms with Gasteiger partial charge in [-0.3, -0.25) is 9.59 Å². The van der Waals surface area contributed by atoms with E-state index in [0.29, 0.717) is 23.9 Å². The van der Waals surface area contributed by atoms with Crippen LogP contribution in [0.4, 0.5) is 24.5 Å². The van der Waals surface area contributed by atoms with Crippen molar-refractivity contribution in [3.63, 3.8) is 0 Å². The van der Waals surface area contributed by atoms with E-state index in [2.05, 4.69) is 10.6 Å². The fourth-order valence-corrected chi connectivity index (χ4v) is 5.02. The van der Waals surface area contributed by atoms with Gasteiger partial charge in [-0.15, -0.1) is 0 Å². The molecule has 1 aliphatic heterocycles. The number of hydrogen-bond donors (Lipinski definition) is 2. The largest absolute Gasteiger partial charge is 0.416 e. The smallest absolute Gasteiger partial charge is 0.326 e. The van der Waals surface area contributed by atoms with Crippen LogP contribution in [0, 0.1) is 5.92 Å². The first-order chi connectivity index (χ1) is 15.5. The zero-order valence-corrected chi connectivity index (χ0v) is 18.7. The normalized spacial score (nSPS) is 15.8. The van der Waals surface area contributed by atoms with Gasteiger partial charge in [-0.1, -0.05) is 19.1 Å². The van der Waals surface area contributed by atoms with E-state index < -0.39 is 32.6 Å². The Kier molecular flexibility index (Phi) is 7.43. The van der Waals surface area contributed by atoms with Crippen molar-refractivity contribution < 1.29 is 31.2 Å². The standard InChI is InChI=1S/C22H24F3N3O4S/c1-2-20(29)26-17-6-4-7-18(14-17)27-21(30)15-9-11-28(12-10-15)33(31,32)19-8-3-5-16(13-19)22(23,24)25/h3-8,13-15H,2,9-12H2,1H3,(H,26,29)(H,27,30). The number of carbonyl (C=O) groups is 2. The van der Waals surface area contributed by atoms with Crippen LogP contribution < -0.4 is 10.6 Å². The lowest BCUT2D eigenvalue weighted by Gasteiger charge is -2.30. The predicted molar refractivity (Wildman–Crippen MR) is 117 cm³/mol. The van der Waals surface area contributed by atoms with Crippen LogP contribution in [0.5, 0.6) is 0 Å². The van der Waals surface area contributed by atoms with Crippen molar-refractivity contribution in [2.75, 3.05) is 23.7 Å². The molecule has 2 aromatic rings. The summed E-state index contributed by atoms with van der Waals surface area (Å²) in [4.78, 5) is 23.8. The number of amides is 2. The number of piperidine rings is 1.